The highest BCUT2D eigenvalue weighted by Gasteiger charge is 2.36. The van der Waals surface area contributed by atoms with Crippen LogP contribution in [0.2, 0.25) is 0 Å². The van der Waals surface area contributed by atoms with Crippen LogP contribution < -0.4 is 5.32 Å². The number of hydrogen-bond donors (Lipinski definition) is 1. The van der Waals surface area contributed by atoms with Gasteiger partial charge in [-0.1, -0.05) is 19.4 Å². The van der Waals surface area contributed by atoms with Gasteiger partial charge < -0.3 is 10.2 Å². The topological polar surface area (TPSA) is 49.4 Å². The van der Waals surface area contributed by atoms with Crippen molar-refractivity contribution in [3.63, 3.8) is 0 Å². The highest BCUT2D eigenvalue weighted by molar-refractivity contribution is 7.10. The van der Waals surface area contributed by atoms with Crippen LogP contribution in [-0.2, 0) is 9.59 Å². The zero-order chi connectivity index (χ0) is 13.1. The van der Waals surface area contributed by atoms with Crippen molar-refractivity contribution in [3.05, 3.63) is 22.4 Å². The Labute approximate surface area is 111 Å². The summed E-state index contributed by atoms with van der Waals surface area (Å²) in [4.78, 5) is 26.7. The van der Waals surface area contributed by atoms with Crippen molar-refractivity contribution in [2.24, 2.45) is 0 Å². The molecule has 4 nitrogen and oxygen atoms in total. The maximum atomic E-state index is 12.1. The molecular formula is C13H18N2O2S. The maximum Gasteiger partial charge on any atom is 0.243 e. The second-order valence-electron chi connectivity index (χ2n) is 4.51. The molecule has 1 aliphatic heterocycles. The van der Waals surface area contributed by atoms with Gasteiger partial charge in [-0.2, -0.15) is 0 Å². The molecule has 2 heterocycles. The molecule has 1 fully saturated rings. The molecular weight excluding hydrogens is 248 g/mol. The number of piperazine rings is 1. The molecule has 18 heavy (non-hydrogen) atoms. The van der Waals surface area contributed by atoms with Crippen LogP contribution in [0.1, 0.15) is 37.6 Å². The zero-order valence-corrected chi connectivity index (χ0v) is 11.5. The number of carbonyl (C=O) groups is 2. The monoisotopic (exact) mass is 266 g/mol. The minimum Gasteiger partial charge on any atom is -0.345 e. The molecule has 2 rings (SSSR count). The number of nitrogens with zero attached hydrogens (tertiary/aromatic N) is 1. The first-order valence-corrected chi connectivity index (χ1v) is 7.15. The number of thiophene rings is 1. The molecule has 1 aromatic heterocycles. The van der Waals surface area contributed by atoms with Crippen LogP contribution >= 0.6 is 11.3 Å². The molecule has 2 atom stereocenters. The van der Waals surface area contributed by atoms with Crippen molar-refractivity contribution in [2.45, 2.75) is 38.8 Å². The minimum atomic E-state index is -0.384. The van der Waals surface area contributed by atoms with Gasteiger partial charge in [0.25, 0.3) is 0 Å². The third-order valence-corrected chi connectivity index (χ3v) is 4.24. The Morgan fingerprint density at radius 2 is 2.33 bits per heavy atom. The molecule has 1 aliphatic rings. The highest BCUT2D eigenvalue weighted by atomic mass is 32.1. The first-order chi connectivity index (χ1) is 8.65. The van der Waals surface area contributed by atoms with Crippen LogP contribution in [-0.4, -0.2) is 29.3 Å². The van der Waals surface area contributed by atoms with E-state index in [1.165, 1.54) is 0 Å². The summed E-state index contributed by atoms with van der Waals surface area (Å²) in [6.45, 7) is 4.01. The van der Waals surface area contributed by atoms with Crippen LogP contribution in [0.25, 0.3) is 0 Å². The summed E-state index contributed by atoms with van der Waals surface area (Å²) in [7, 11) is 0. The van der Waals surface area contributed by atoms with E-state index >= 15 is 0 Å². The van der Waals surface area contributed by atoms with Crippen LogP contribution in [0.4, 0.5) is 0 Å². The van der Waals surface area contributed by atoms with Crippen LogP contribution in [0.3, 0.4) is 0 Å². The van der Waals surface area contributed by atoms with Crippen molar-refractivity contribution in [2.75, 3.05) is 6.54 Å². The summed E-state index contributed by atoms with van der Waals surface area (Å²) in [5, 5.41) is 4.64. The molecule has 0 saturated carbocycles. The molecule has 2 unspecified atom stereocenters. The molecule has 0 spiro atoms. The SMILES string of the molecule is CCCC(c1cccs1)N1C(=O)CNC(=O)C1C. The van der Waals surface area contributed by atoms with Gasteiger partial charge in [-0.15, -0.1) is 11.3 Å². The van der Waals surface area contributed by atoms with E-state index in [0.29, 0.717) is 0 Å². The van der Waals surface area contributed by atoms with Gasteiger partial charge in [0, 0.05) is 4.88 Å². The standard InChI is InChI=1S/C13H18N2O2S/c1-3-5-10(11-6-4-7-18-11)15-9(2)13(17)14-8-12(15)16/h4,6-7,9-10H,3,5,8H2,1-2H3,(H,14,17). The Kier molecular flexibility index (Phi) is 4.01. The molecule has 1 saturated heterocycles. The summed E-state index contributed by atoms with van der Waals surface area (Å²) in [6, 6.07) is 3.67. The van der Waals surface area contributed by atoms with Crippen molar-refractivity contribution >= 4 is 23.2 Å². The molecule has 5 heteroatoms. The van der Waals surface area contributed by atoms with Crippen molar-refractivity contribution in [1.82, 2.24) is 10.2 Å². The van der Waals surface area contributed by atoms with E-state index in [4.69, 9.17) is 0 Å². The second kappa shape index (κ2) is 5.52. The quantitative estimate of drug-likeness (QED) is 0.905. The zero-order valence-electron chi connectivity index (χ0n) is 10.7. The number of nitrogens with one attached hydrogen (secondary N) is 1. The largest absolute Gasteiger partial charge is 0.345 e. The molecule has 98 valence electrons. The van der Waals surface area contributed by atoms with Gasteiger partial charge in [0.1, 0.15) is 6.04 Å². The smallest absolute Gasteiger partial charge is 0.243 e. The Morgan fingerprint density at radius 3 is 2.94 bits per heavy atom. The predicted octanol–water partition coefficient (Wildman–Crippen LogP) is 1.94. The summed E-state index contributed by atoms with van der Waals surface area (Å²) in [5.74, 6) is -0.0544. The van der Waals surface area contributed by atoms with E-state index in [9.17, 15) is 9.59 Å². The average molecular weight is 266 g/mol. The molecule has 1 N–H and O–H groups in total. The van der Waals surface area contributed by atoms with Crippen LogP contribution in [0.15, 0.2) is 17.5 Å². The van der Waals surface area contributed by atoms with E-state index in [-0.39, 0.29) is 30.4 Å². The summed E-state index contributed by atoms with van der Waals surface area (Å²) < 4.78 is 0. The van der Waals surface area contributed by atoms with Crippen molar-refractivity contribution in [3.8, 4) is 0 Å². The fourth-order valence-corrected chi connectivity index (χ4v) is 3.22. The van der Waals surface area contributed by atoms with Gasteiger partial charge in [0.2, 0.25) is 11.8 Å². The lowest BCUT2D eigenvalue weighted by Gasteiger charge is -2.38. The molecule has 1 aromatic rings. The molecule has 0 aromatic carbocycles. The number of hydrogen-bond acceptors (Lipinski definition) is 3. The van der Waals surface area contributed by atoms with Crippen molar-refractivity contribution < 1.29 is 9.59 Å². The first kappa shape index (κ1) is 13.1. The lowest BCUT2D eigenvalue weighted by atomic mass is 10.0. The van der Waals surface area contributed by atoms with Gasteiger partial charge in [-0.25, -0.2) is 0 Å². The lowest BCUT2D eigenvalue weighted by Crippen LogP contribution is -2.57. The molecule has 2 amide bonds. The van der Waals surface area contributed by atoms with Crippen LogP contribution in [0, 0.1) is 0 Å². The fourth-order valence-electron chi connectivity index (χ4n) is 2.36. The van der Waals surface area contributed by atoms with E-state index in [1.807, 2.05) is 17.5 Å². The molecule has 0 bridgehead atoms. The lowest BCUT2D eigenvalue weighted by molar-refractivity contribution is -0.147. The normalized spacial score (nSPS) is 21.9. The summed E-state index contributed by atoms with van der Waals surface area (Å²) >= 11 is 1.64. The maximum absolute atomic E-state index is 12.1. The van der Waals surface area contributed by atoms with E-state index in [1.54, 1.807) is 23.2 Å². The third-order valence-electron chi connectivity index (χ3n) is 3.27. The van der Waals surface area contributed by atoms with Gasteiger partial charge >= 0.3 is 0 Å². The predicted molar refractivity (Wildman–Crippen MR) is 71.3 cm³/mol. The van der Waals surface area contributed by atoms with Gasteiger partial charge in [0.15, 0.2) is 0 Å². The Morgan fingerprint density at radius 1 is 1.56 bits per heavy atom. The first-order valence-electron chi connectivity index (χ1n) is 6.27. The number of carbonyl (C=O) groups excluding carboxylic acids is 2. The number of amides is 2. The van der Waals surface area contributed by atoms with E-state index in [0.717, 1.165) is 17.7 Å². The van der Waals surface area contributed by atoms with Crippen molar-refractivity contribution in [1.29, 1.82) is 0 Å². The summed E-state index contributed by atoms with van der Waals surface area (Å²) in [6.07, 6.45) is 1.88. The number of rotatable bonds is 4. The Balaban J connectivity index is 2.28. The average Bonchev–Trinajstić information content (AvgIpc) is 2.87. The molecule has 0 aliphatic carbocycles. The second-order valence-corrected chi connectivity index (χ2v) is 5.49. The van der Waals surface area contributed by atoms with Gasteiger partial charge in [0.05, 0.1) is 12.6 Å². The van der Waals surface area contributed by atoms with Gasteiger partial charge in [-0.05, 0) is 24.8 Å². The Bertz CT molecular complexity index is 430. The Hall–Kier alpha value is -1.36. The van der Waals surface area contributed by atoms with E-state index < -0.39 is 0 Å². The van der Waals surface area contributed by atoms with Crippen LogP contribution in [0.5, 0.6) is 0 Å². The minimum absolute atomic E-state index is 0.00829. The van der Waals surface area contributed by atoms with Gasteiger partial charge in [-0.3, -0.25) is 9.59 Å². The highest BCUT2D eigenvalue weighted by Crippen LogP contribution is 2.31. The fraction of sp³-hybridized carbons (Fsp3) is 0.538. The molecule has 0 radical (unpaired) electrons. The third kappa shape index (κ3) is 2.41. The summed E-state index contributed by atoms with van der Waals surface area (Å²) in [5.41, 5.74) is 0. The van der Waals surface area contributed by atoms with E-state index in [2.05, 4.69) is 12.2 Å².